The van der Waals surface area contributed by atoms with E-state index in [0.29, 0.717) is 18.5 Å². The van der Waals surface area contributed by atoms with Crippen molar-refractivity contribution in [2.45, 2.75) is 32.0 Å². The van der Waals surface area contributed by atoms with Crippen molar-refractivity contribution in [3.05, 3.63) is 17.5 Å². The van der Waals surface area contributed by atoms with E-state index in [0.717, 1.165) is 6.07 Å². The highest BCUT2D eigenvalue weighted by molar-refractivity contribution is 5.13. The molecule has 2 N–H and O–H groups in total. The van der Waals surface area contributed by atoms with Gasteiger partial charge in [-0.15, -0.1) is 0 Å². The molecule has 1 aromatic rings. The van der Waals surface area contributed by atoms with Crippen LogP contribution in [0.25, 0.3) is 0 Å². The Morgan fingerprint density at radius 3 is 2.53 bits per heavy atom. The number of aryl methyl sites for hydroxylation is 2. The highest BCUT2D eigenvalue weighted by Gasteiger charge is 2.34. The number of hydrogen-bond donors (Lipinski definition) is 1. The van der Waals surface area contributed by atoms with Crippen LogP contribution < -0.4 is 5.73 Å². The van der Waals surface area contributed by atoms with E-state index in [1.165, 1.54) is 11.7 Å². The number of alkyl halides is 3. The van der Waals surface area contributed by atoms with Gasteiger partial charge >= 0.3 is 6.18 Å². The molecule has 86 valence electrons. The second-order valence-corrected chi connectivity index (χ2v) is 3.66. The molecule has 0 radical (unpaired) electrons. The third kappa shape index (κ3) is 3.23. The molecule has 0 unspecified atom stereocenters. The molecule has 0 spiro atoms. The van der Waals surface area contributed by atoms with Crippen molar-refractivity contribution in [1.29, 1.82) is 0 Å². The van der Waals surface area contributed by atoms with Gasteiger partial charge in [-0.3, -0.25) is 4.68 Å². The van der Waals surface area contributed by atoms with Crippen LogP contribution in [0.4, 0.5) is 13.2 Å². The summed E-state index contributed by atoms with van der Waals surface area (Å²) in [6.45, 7) is 1.82. The largest absolute Gasteiger partial charge is 0.435 e. The van der Waals surface area contributed by atoms with Crippen LogP contribution in [0.2, 0.25) is 0 Å². The van der Waals surface area contributed by atoms with E-state index in [-0.39, 0.29) is 6.04 Å². The zero-order valence-electron chi connectivity index (χ0n) is 8.67. The monoisotopic (exact) mass is 221 g/mol. The number of nitrogens with two attached hydrogens (primary N) is 1. The Morgan fingerprint density at radius 2 is 2.13 bits per heavy atom. The second-order valence-electron chi connectivity index (χ2n) is 3.66. The lowest BCUT2D eigenvalue weighted by Gasteiger charge is -2.04. The topological polar surface area (TPSA) is 43.8 Å². The van der Waals surface area contributed by atoms with Crippen LogP contribution in [-0.2, 0) is 19.6 Å². The first-order chi connectivity index (χ1) is 6.80. The van der Waals surface area contributed by atoms with Crippen LogP contribution in [0.3, 0.4) is 0 Å². The molecule has 0 saturated heterocycles. The van der Waals surface area contributed by atoms with Gasteiger partial charge in [-0.1, -0.05) is 0 Å². The molecular formula is C9H14F3N3. The number of aromatic nitrogens is 2. The van der Waals surface area contributed by atoms with Gasteiger partial charge < -0.3 is 5.73 Å². The fraction of sp³-hybridized carbons (Fsp3) is 0.667. The van der Waals surface area contributed by atoms with Crippen molar-refractivity contribution in [2.75, 3.05) is 0 Å². The van der Waals surface area contributed by atoms with Crippen molar-refractivity contribution >= 4 is 0 Å². The predicted molar refractivity (Wildman–Crippen MR) is 50.2 cm³/mol. The Hall–Kier alpha value is -1.04. The molecule has 0 fully saturated rings. The third-order valence-electron chi connectivity index (χ3n) is 2.12. The van der Waals surface area contributed by atoms with Crippen LogP contribution in [0.15, 0.2) is 6.07 Å². The summed E-state index contributed by atoms with van der Waals surface area (Å²) >= 11 is 0. The van der Waals surface area contributed by atoms with Crippen molar-refractivity contribution in [3.63, 3.8) is 0 Å². The summed E-state index contributed by atoms with van der Waals surface area (Å²) in [6.07, 6.45) is -3.21. The lowest BCUT2D eigenvalue weighted by atomic mass is 10.1. The first kappa shape index (κ1) is 12.0. The maximum absolute atomic E-state index is 12.3. The summed E-state index contributed by atoms with van der Waals surface area (Å²) < 4.78 is 38.1. The van der Waals surface area contributed by atoms with Gasteiger partial charge in [0.05, 0.1) is 0 Å². The quantitative estimate of drug-likeness (QED) is 0.844. The Kier molecular flexibility index (Phi) is 3.38. The molecule has 0 aliphatic heterocycles. The third-order valence-corrected chi connectivity index (χ3v) is 2.12. The van der Waals surface area contributed by atoms with Gasteiger partial charge in [-0.2, -0.15) is 18.3 Å². The maximum atomic E-state index is 12.3. The molecule has 6 heteroatoms. The summed E-state index contributed by atoms with van der Waals surface area (Å²) in [6, 6.07) is 1.05. The normalized spacial score (nSPS) is 14.3. The van der Waals surface area contributed by atoms with Crippen molar-refractivity contribution in [2.24, 2.45) is 12.8 Å². The zero-order valence-corrected chi connectivity index (χ0v) is 8.67. The van der Waals surface area contributed by atoms with E-state index in [9.17, 15) is 13.2 Å². The summed E-state index contributed by atoms with van der Waals surface area (Å²) in [5.41, 5.74) is 5.24. The van der Waals surface area contributed by atoms with E-state index in [1.54, 1.807) is 0 Å². The van der Waals surface area contributed by atoms with Gasteiger partial charge in [0.1, 0.15) is 0 Å². The molecule has 0 aromatic carbocycles. The molecule has 15 heavy (non-hydrogen) atoms. The summed E-state index contributed by atoms with van der Waals surface area (Å²) in [5, 5.41) is 3.41. The highest BCUT2D eigenvalue weighted by Crippen LogP contribution is 2.28. The average Bonchev–Trinajstić information content (AvgIpc) is 2.42. The lowest BCUT2D eigenvalue weighted by molar-refractivity contribution is -0.141. The molecule has 0 bridgehead atoms. The van der Waals surface area contributed by atoms with Crippen LogP contribution in [0.5, 0.6) is 0 Å². The lowest BCUT2D eigenvalue weighted by Crippen LogP contribution is -2.16. The van der Waals surface area contributed by atoms with Gasteiger partial charge in [-0.25, -0.2) is 0 Å². The van der Waals surface area contributed by atoms with Crippen molar-refractivity contribution < 1.29 is 13.2 Å². The van der Waals surface area contributed by atoms with Gasteiger partial charge in [0.15, 0.2) is 5.69 Å². The van der Waals surface area contributed by atoms with E-state index < -0.39 is 11.9 Å². The Bertz CT molecular complexity index is 328. The molecule has 1 rings (SSSR count). The fourth-order valence-corrected chi connectivity index (χ4v) is 1.25. The fourth-order valence-electron chi connectivity index (χ4n) is 1.25. The Balaban J connectivity index is 2.78. The molecular weight excluding hydrogens is 207 g/mol. The molecule has 0 aliphatic carbocycles. The minimum absolute atomic E-state index is 0.0192. The first-order valence-electron chi connectivity index (χ1n) is 4.66. The minimum Gasteiger partial charge on any atom is -0.328 e. The van der Waals surface area contributed by atoms with Gasteiger partial charge in [-0.05, 0) is 25.8 Å². The van der Waals surface area contributed by atoms with Gasteiger partial charge in [0.25, 0.3) is 0 Å². The van der Waals surface area contributed by atoms with Crippen molar-refractivity contribution in [1.82, 2.24) is 9.78 Å². The molecule has 1 atom stereocenters. The first-order valence-corrected chi connectivity index (χ1v) is 4.66. The smallest absolute Gasteiger partial charge is 0.328 e. The van der Waals surface area contributed by atoms with E-state index in [1.807, 2.05) is 6.92 Å². The highest BCUT2D eigenvalue weighted by atomic mass is 19.4. The van der Waals surface area contributed by atoms with Gasteiger partial charge in [0, 0.05) is 18.8 Å². The van der Waals surface area contributed by atoms with E-state index in [4.69, 9.17) is 5.73 Å². The van der Waals surface area contributed by atoms with Crippen LogP contribution in [0, 0.1) is 0 Å². The van der Waals surface area contributed by atoms with E-state index >= 15 is 0 Å². The average molecular weight is 221 g/mol. The summed E-state index contributed by atoms with van der Waals surface area (Å²) in [4.78, 5) is 0. The summed E-state index contributed by atoms with van der Waals surface area (Å²) in [7, 11) is 1.51. The number of hydrogen-bond acceptors (Lipinski definition) is 2. The predicted octanol–water partition coefficient (Wildman–Crippen LogP) is 1.72. The molecule has 0 aliphatic rings. The standard InChI is InChI=1S/C9H14F3N3/c1-6(13)3-4-7-5-8(9(10,11)12)14-15(7)2/h5-6H,3-4,13H2,1-2H3/t6-/m1/s1. The Morgan fingerprint density at radius 1 is 1.53 bits per heavy atom. The molecule has 0 saturated carbocycles. The Labute approximate surface area is 86.1 Å². The van der Waals surface area contributed by atoms with Crippen molar-refractivity contribution in [3.8, 4) is 0 Å². The van der Waals surface area contributed by atoms with Gasteiger partial charge in [0.2, 0.25) is 0 Å². The van der Waals surface area contributed by atoms with Crippen LogP contribution in [0.1, 0.15) is 24.7 Å². The maximum Gasteiger partial charge on any atom is 0.435 e. The molecule has 3 nitrogen and oxygen atoms in total. The molecule has 1 heterocycles. The second kappa shape index (κ2) is 4.22. The number of nitrogens with zero attached hydrogens (tertiary/aromatic N) is 2. The van der Waals surface area contributed by atoms with E-state index in [2.05, 4.69) is 5.10 Å². The molecule has 1 aromatic heterocycles. The number of halogens is 3. The SMILES string of the molecule is C[C@@H](N)CCc1cc(C(F)(F)F)nn1C. The number of rotatable bonds is 3. The minimum atomic E-state index is -4.37. The zero-order chi connectivity index (χ0) is 11.6. The molecule has 0 amide bonds. The summed E-state index contributed by atoms with van der Waals surface area (Å²) in [5.74, 6) is 0. The van der Waals surface area contributed by atoms with Crippen LogP contribution in [-0.4, -0.2) is 15.8 Å². The van der Waals surface area contributed by atoms with Crippen LogP contribution >= 0.6 is 0 Å².